The minimum atomic E-state index is -0.755. The van der Waals surface area contributed by atoms with E-state index in [0.29, 0.717) is 0 Å². The molecule has 6 heteroatoms. The lowest BCUT2D eigenvalue weighted by molar-refractivity contribution is 0.00898. The van der Waals surface area contributed by atoms with Crippen LogP contribution >= 0.6 is 0 Å². The summed E-state index contributed by atoms with van der Waals surface area (Å²) >= 11 is 0. The van der Waals surface area contributed by atoms with Crippen LogP contribution in [-0.2, 0) is 4.74 Å². The zero-order valence-corrected chi connectivity index (χ0v) is 13.2. The maximum absolute atomic E-state index is 14.3. The van der Waals surface area contributed by atoms with Gasteiger partial charge in [-0.05, 0) is 49.6 Å². The van der Waals surface area contributed by atoms with Gasteiger partial charge in [0.1, 0.15) is 11.9 Å². The molecule has 1 aliphatic heterocycles. The monoisotopic (exact) mass is 339 g/mol. The van der Waals surface area contributed by atoms with Gasteiger partial charge in [0, 0.05) is 0 Å². The third-order valence-corrected chi connectivity index (χ3v) is 4.54. The van der Waals surface area contributed by atoms with E-state index >= 15 is 0 Å². The van der Waals surface area contributed by atoms with Crippen LogP contribution in [0.2, 0.25) is 0 Å². The number of halogens is 1. The molecule has 0 N–H and O–H groups in total. The van der Waals surface area contributed by atoms with Gasteiger partial charge in [-0.2, -0.15) is 0 Å². The van der Waals surface area contributed by atoms with Gasteiger partial charge in [0.2, 0.25) is 0 Å². The smallest absolute Gasteiger partial charge is 0.338 e. The van der Waals surface area contributed by atoms with E-state index in [1.807, 2.05) is 0 Å². The molecule has 1 heterocycles. The van der Waals surface area contributed by atoms with Crippen molar-refractivity contribution in [2.24, 2.45) is 0 Å². The van der Waals surface area contributed by atoms with Gasteiger partial charge in [-0.25, -0.2) is 14.1 Å². The van der Waals surface area contributed by atoms with Gasteiger partial charge >= 0.3 is 5.97 Å². The average molecular weight is 339 g/mol. The molecule has 4 rings (SSSR count). The van der Waals surface area contributed by atoms with E-state index in [1.54, 1.807) is 12.1 Å². The normalized spacial score (nSPS) is 16.6. The van der Waals surface area contributed by atoms with Crippen LogP contribution in [0.3, 0.4) is 0 Å². The number of fused-ring (bicyclic) bond motifs is 1. The number of hydrogen-bond acceptors (Lipinski definition) is 4. The Morgan fingerprint density at radius 2 is 1.68 bits per heavy atom. The fourth-order valence-electron chi connectivity index (χ4n) is 2.93. The molecule has 0 radical (unpaired) electrons. The van der Waals surface area contributed by atoms with Crippen molar-refractivity contribution in [1.29, 1.82) is 0 Å². The molecule has 0 unspecified atom stereocenters. The van der Waals surface area contributed by atoms with Gasteiger partial charge in [-0.3, -0.25) is 9.59 Å². The van der Waals surface area contributed by atoms with Crippen LogP contribution in [0, 0.1) is 5.82 Å². The highest BCUT2D eigenvalue weighted by Crippen LogP contribution is 2.31. The van der Waals surface area contributed by atoms with Crippen LogP contribution in [0.1, 0.15) is 50.3 Å². The molecule has 0 atom stereocenters. The van der Waals surface area contributed by atoms with Crippen LogP contribution in [0.25, 0.3) is 0 Å². The number of amides is 2. The lowest BCUT2D eigenvalue weighted by atomic mass is 9.96. The van der Waals surface area contributed by atoms with Crippen LogP contribution in [0.4, 0.5) is 10.1 Å². The summed E-state index contributed by atoms with van der Waals surface area (Å²) in [6, 6.07) is 9.85. The van der Waals surface area contributed by atoms with Crippen LogP contribution < -0.4 is 4.90 Å². The maximum atomic E-state index is 14.3. The number of imide groups is 1. The Morgan fingerprint density at radius 3 is 2.24 bits per heavy atom. The maximum Gasteiger partial charge on any atom is 0.338 e. The summed E-state index contributed by atoms with van der Waals surface area (Å²) in [6.45, 7) is 0. The Morgan fingerprint density at radius 1 is 1.04 bits per heavy atom. The molecule has 2 aromatic carbocycles. The second-order valence-electron chi connectivity index (χ2n) is 6.12. The third-order valence-electron chi connectivity index (χ3n) is 4.54. The number of carbonyl (C=O) groups excluding carboxylic acids is 3. The van der Waals surface area contributed by atoms with E-state index in [1.165, 1.54) is 24.3 Å². The fourth-order valence-corrected chi connectivity index (χ4v) is 2.93. The van der Waals surface area contributed by atoms with Gasteiger partial charge in [-0.1, -0.05) is 12.1 Å². The highest BCUT2D eigenvalue weighted by Gasteiger charge is 2.38. The van der Waals surface area contributed by atoms with Gasteiger partial charge in [0.05, 0.1) is 22.4 Å². The highest BCUT2D eigenvalue weighted by molar-refractivity contribution is 6.34. The molecular formula is C19H14FNO4. The van der Waals surface area contributed by atoms with Crippen LogP contribution in [-0.4, -0.2) is 23.9 Å². The summed E-state index contributed by atoms with van der Waals surface area (Å²) in [5.74, 6) is -2.55. The van der Waals surface area contributed by atoms with Gasteiger partial charge in [0.25, 0.3) is 11.8 Å². The Kier molecular flexibility index (Phi) is 3.60. The largest absolute Gasteiger partial charge is 0.459 e. The number of benzene rings is 2. The standard InChI is InChI=1S/C19H14FNO4/c20-15-9-8-11(19(24)25-12-4-3-5-12)10-16(15)21-17(22)13-6-1-2-7-14(13)18(21)23/h1-2,6-10,12H,3-5H2. The molecule has 1 fully saturated rings. The zero-order valence-electron chi connectivity index (χ0n) is 13.2. The molecule has 0 spiro atoms. The number of rotatable bonds is 3. The van der Waals surface area contributed by atoms with Crippen molar-refractivity contribution in [3.8, 4) is 0 Å². The summed E-state index contributed by atoms with van der Waals surface area (Å²) in [6.07, 6.45) is 2.54. The molecule has 0 aromatic heterocycles. The first kappa shape index (κ1) is 15.5. The van der Waals surface area contributed by atoms with Crippen molar-refractivity contribution in [2.45, 2.75) is 25.4 Å². The first-order chi connectivity index (χ1) is 12.1. The van der Waals surface area contributed by atoms with E-state index in [-0.39, 0.29) is 28.5 Å². The molecule has 126 valence electrons. The third kappa shape index (κ3) is 2.50. The molecule has 0 saturated heterocycles. The summed E-state index contributed by atoms with van der Waals surface area (Å²) < 4.78 is 19.6. The predicted molar refractivity (Wildman–Crippen MR) is 87.0 cm³/mol. The van der Waals surface area contributed by atoms with Crippen molar-refractivity contribution in [3.63, 3.8) is 0 Å². The predicted octanol–water partition coefficient (Wildman–Crippen LogP) is 3.34. The van der Waals surface area contributed by atoms with Gasteiger partial charge in [0.15, 0.2) is 0 Å². The number of anilines is 1. The van der Waals surface area contributed by atoms with Crippen molar-refractivity contribution < 1.29 is 23.5 Å². The molecule has 5 nitrogen and oxygen atoms in total. The number of esters is 1. The molecule has 25 heavy (non-hydrogen) atoms. The van der Waals surface area contributed by atoms with Crippen molar-refractivity contribution in [2.75, 3.05) is 4.90 Å². The summed E-state index contributed by atoms with van der Waals surface area (Å²) in [7, 11) is 0. The van der Waals surface area contributed by atoms with Crippen molar-refractivity contribution in [3.05, 3.63) is 65.0 Å². The topological polar surface area (TPSA) is 63.7 Å². The van der Waals surface area contributed by atoms with Gasteiger partial charge < -0.3 is 4.74 Å². The number of hydrogen-bond donors (Lipinski definition) is 0. The fraction of sp³-hybridized carbons (Fsp3) is 0.211. The van der Waals surface area contributed by atoms with Gasteiger partial charge in [-0.15, -0.1) is 0 Å². The quantitative estimate of drug-likeness (QED) is 0.635. The molecule has 2 aliphatic rings. The Labute approximate surface area is 143 Å². The van der Waals surface area contributed by atoms with E-state index in [4.69, 9.17) is 4.74 Å². The lowest BCUT2D eigenvalue weighted by Gasteiger charge is -2.25. The molecule has 0 bridgehead atoms. The van der Waals surface area contributed by atoms with E-state index < -0.39 is 23.6 Å². The number of carbonyl (C=O) groups is 3. The molecule has 2 amide bonds. The summed E-state index contributed by atoms with van der Waals surface area (Å²) in [5.41, 5.74) is 0.304. The summed E-state index contributed by atoms with van der Waals surface area (Å²) in [4.78, 5) is 37.9. The zero-order chi connectivity index (χ0) is 17.6. The Balaban J connectivity index is 1.69. The minimum absolute atomic E-state index is 0.111. The first-order valence-electron chi connectivity index (χ1n) is 8.04. The summed E-state index contributed by atoms with van der Waals surface area (Å²) in [5, 5.41) is 0. The second kappa shape index (κ2) is 5.81. The van der Waals surface area contributed by atoms with Crippen molar-refractivity contribution >= 4 is 23.5 Å². The molecule has 2 aromatic rings. The highest BCUT2D eigenvalue weighted by atomic mass is 19.1. The number of nitrogens with zero attached hydrogens (tertiary/aromatic N) is 1. The van der Waals surface area contributed by atoms with E-state index in [0.717, 1.165) is 30.2 Å². The minimum Gasteiger partial charge on any atom is -0.459 e. The second-order valence-corrected chi connectivity index (χ2v) is 6.12. The molecule has 1 saturated carbocycles. The van der Waals surface area contributed by atoms with Crippen LogP contribution in [0.15, 0.2) is 42.5 Å². The molecule has 1 aliphatic carbocycles. The van der Waals surface area contributed by atoms with Crippen molar-refractivity contribution in [1.82, 2.24) is 0 Å². The average Bonchev–Trinajstić information content (AvgIpc) is 2.83. The molecular weight excluding hydrogens is 325 g/mol. The Bertz CT molecular complexity index is 869. The first-order valence-corrected chi connectivity index (χ1v) is 8.04. The Hall–Kier alpha value is -3.02. The SMILES string of the molecule is O=C(OC1CCC1)c1ccc(F)c(N2C(=O)c3ccccc3C2=O)c1. The number of ether oxygens (including phenoxy) is 1. The van der Waals surface area contributed by atoms with E-state index in [9.17, 15) is 18.8 Å². The lowest BCUT2D eigenvalue weighted by Crippen LogP contribution is -2.30. The van der Waals surface area contributed by atoms with Crippen LogP contribution in [0.5, 0.6) is 0 Å². The van der Waals surface area contributed by atoms with E-state index in [2.05, 4.69) is 0 Å².